The molecule has 0 saturated carbocycles. The molecule has 1 heterocycles. The number of ether oxygens (including phenoxy) is 6. The van der Waals surface area contributed by atoms with E-state index in [-0.39, 0.29) is 6.17 Å². The van der Waals surface area contributed by atoms with E-state index in [1.807, 2.05) is 24.3 Å². The van der Waals surface area contributed by atoms with E-state index < -0.39 is 0 Å². The van der Waals surface area contributed by atoms with Gasteiger partial charge in [0.25, 0.3) is 0 Å². The molecule has 0 radical (unpaired) electrons. The van der Waals surface area contributed by atoms with Gasteiger partial charge in [0.2, 0.25) is 11.5 Å². The second-order valence-corrected chi connectivity index (χ2v) is 10.1. The molecule has 9 nitrogen and oxygen atoms in total. The van der Waals surface area contributed by atoms with E-state index in [2.05, 4.69) is 52.8 Å². The van der Waals surface area contributed by atoms with Crippen LogP contribution in [0.15, 0.2) is 48.5 Å². The van der Waals surface area contributed by atoms with E-state index in [1.54, 1.807) is 42.7 Å². The number of methoxy groups -OCH3 is 6. The largest absolute Gasteiger partial charge is 0.493 e. The summed E-state index contributed by atoms with van der Waals surface area (Å²) in [5, 5.41) is 0. The first kappa shape index (κ1) is 31.1. The predicted octanol–water partition coefficient (Wildman–Crippen LogP) is 5.60. The fourth-order valence-corrected chi connectivity index (χ4v) is 5.85. The van der Waals surface area contributed by atoms with Crippen LogP contribution in [-0.2, 0) is 13.1 Å². The molecule has 42 heavy (non-hydrogen) atoms. The summed E-state index contributed by atoms with van der Waals surface area (Å²) < 4.78 is 33.7. The van der Waals surface area contributed by atoms with Gasteiger partial charge in [0.05, 0.1) is 48.8 Å². The third-order valence-electron chi connectivity index (χ3n) is 7.91. The lowest BCUT2D eigenvalue weighted by atomic mass is 10.1. The normalized spacial score (nSPS) is 14.1. The number of nitrogens with zero attached hydrogens (tertiary/aromatic N) is 3. The van der Waals surface area contributed by atoms with Crippen molar-refractivity contribution >= 4 is 5.69 Å². The summed E-state index contributed by atoms with van der Waals surface area (Å²) in [7, 11) is 9.85. The summed E-state index contributed by atoms with van der Waals surface area (Å²) in [5.41, 5.74) is 4.64. The van der Waals surface area contributed by atoms with Crippen molar-refractivity contribution in [1.29, 1.82) is 0 Å². The minimum atomic E-state index is 0.0499. The zero-order chi connectivity index (χ0) is 30.2. The van der Waals surface area contributed by atoms with Gasteiger partial charge >= 0.3 is 0 Å². The molecule has 0 aromatic heterocycles. The summed E-state index contributed by atoms with van der Waals surface area (Å²) in [6, 6.07) is 17.1. The zero-order valence-electron chi connectivity index (χ0n) is 26.2. The van der Waals surface area contributed by atoms with Crippen LogP contribution in [0.1, 0.15) is 36.7 Å². The van der Waals surface area contributed by atoms with Crippen LogP contribution in [0.25, 0.3) is 0 Å². The van der Waals surface area contributed by atoms with E-state index in [1.165, 1.54) is 11.3 Å². The molecule has 3 aromatic carbocycles. The SMILES string of the molecule is CCN(CC)c1ccc(C2N(Cc3cc(OC)c(OC)c(OC)c3)CCN2Cc2cc(OC)c(OC)c(OC)c2)cc1. The Labute approximate surface area is 250 Å². The molecule has 0 atom stereocenters. The molecule has 0 aliphatic carbocycles. The van der Waals surface area contributed by atoms with Crippen LogP contribution in [0.2, 0.25) is 0 Å². The van der Waals surface area contributed by atoms with Crippen molar-refractivity contribution in [1.82, 2.24) is 9.80 Å². The van der Waals surface area contributed by atoms with Crippen molar-refractivity contribution in [3.63, 3.8) is 0 Å². The van der Waals surface area contributed by atoms with Crippen LogP contribution in [-0.4, -0.2) is 78.6 Å². The standard InChI is InChI=1S/C33H45N3O6/c1-9-34(10-2)26-13-11-25(12-14-26)33-35(21-23-17-27(37-3)31(41-7)28(18-23)38-4)15-16-36(33)22-24-19-29(39-5)32(42-8)30(20-24)40-6/h11-14,17-20,33H,9-10,15-16,21-22H2,1-8H3. The summed E-state index contributed by atoms with van der Waals surface area (Å²) in [6.07, 6.45) is 0.0499. The van der Waals surface area contributed by atoms with Crippen molar-refractivity contribution in [2.75, 3.05) is 73.7 Å². The van der Waals surface area contributed by atoms with Crippen molar-refractivity contribution in [2.45, 2.75) is 33.1 Å². The topological polar surface area (TPSA) is 65.1 Å². The van der Waals surface area contributed by atoms with E-state index in [0.29, 0.717) is 47.6 Å². The summed E-state index contributed by atoms with van der Waals surface area (Å²) >= 11 is 0. The van der Waals surface area contributed by atoms with Crippen LogP contribution in [0, 0.1) is 0 Å². The summed E-state index contributed by atoms with van der Waals surface area (Å²) in [6.45, 7) is 9.53. The van der Waals surface area contributed by atoms with E-state index in [9.17, 15) is 0 Å². The molecule has 0 spiro atoms. The van der Waals surface area contributed by atoms with Crippen LogP contribution in [0.4, 0.5) is 5.69 Å². The number of hydrogen-bond donors (Lipinski definition) is 0. The lowest BCUT2D eigenvalue weighted by Gasteiger charge is -2.32. The van der Waals surface area contributed by atoms with Gasteiger partial charge in [-0.3, -0.25) is 9.80 Å². The molecule has 4 rings (SSSR count). The van der Waals surface area contributed by atoms with Crippen LogP contribution >= 0.6 is 0 Å². The van der Waals surface area contributed by atoms with Gasteiger partial charge in [-0.25, -0.2) is 0 Å². The van der Waals surface area contributed by atoms with Crippen molar-refractivity contribution in [3.05, 3.63) is 65.2 Å². The van der Waals surface area contributed by atoms with Crippen LogP contribution in [0.5, 0.6) is 34.5 Å². The summed E-state index contributed by atoms with van der Waals surface area (Å²) in [4.78, 5) is 7.34. The molecule has 0 amide bonds. The highest BCUT2D eigenvalue weighted by molar-refractivity contribution is 5.55. The quantitative estimate of drug-likeness (QED) is 0.243. The Kier molecular flexibility index (Phi) is 10.7. The Balaban J connectivity index is 1.70. The van der Waals surface area contributed by atoms with Crippen LogP contribution in [0.3, 0.4) is 0 Å². The second kappa shape index (κ2) is 14.4. The van der Waals surface area contributed by atoms with E-state index in [4.69, 9.17) is 28.4 Å². The average molecular weight is 580 g/mol. The highest BCUT2D eigenvalue weighted by atomic mass is 16.5. The molecular weight excluding hydrogens is 534 g/mol. The maximum atomic E-state index is 5.64. The Morgan fingerprint density at radius 3 is 1.29 bits per heavy atom. The predicted molar refractivity (Wildman–Crippen MR) is 166 cm³/mol. The number of benzene rings is 3. The minimum absolute atomic E-state index is 0.0499. The van der Waals surface area contributed by atoms with Crippen molar-refractivity contribution in [2.24, 2.45) is 0 Å². The van der Waals surface area contributed by atoms with Gasteiger partial charge in [-0.2, -0.15) is 0 Å². The van der Waals surface area contributed by atoms with Gasteiger partial charge in [0.15, 0.2) is 23.0 Å². The summed E-state index contributed by atoms with van der Waals surface area (Å²) in [5.74, 6) is 3.80. The third-order valence-corrected chi connectivity index (χ3v) is 7.91. The molecule has 1 aliphatic rings. The lowest BCUT2D eigenvalue weighted by molar-refractivity contribution is 0.125. The molecule has 228 valence electrons. The van der Waals surface area contributed by atoms with Gasteiger partial charge in [0.1, 0.15) is 0 Å². The highest BCUT2D eigenvalue weighted by Gasteiger charge is 2.34. The Bertz CT molecular complexity index is 1190. The van der Waals surface area contributed by atoms with Gasteiger partial charge in [-0.15, -0.1) is 0 Å². The first-order chi connectivity index (χ1) is 20.4. The smallest absolute Gasteiger partial charge is 0.203 e. The number of rotatable bonds is 14. The molecule has 9 heteroatoms. The van der Waals surface area contributed by atoms with Gasteiger partial charge < -0.3 is 33.3 Å². The molecule has 0 bridgehead atoms. The minimum Gasteiger partial charge on any atom is -0.493 e. The van der Waals surface area contributed by atoms with Gasteiger partial charge in [-0.05, 0) is 66.9 Å². The third kappa shape index (κ3) is 6.47. The maximum absolute atomic E-state index is 5.64. The first-order valence-electron chi connectivity index (χ1n) is 14.4. The fraction of sp³-hybridized carbons (Fsp3) is 0.455. The Hall–Kier alpha value is -3.82. The van der Waals surface area contributed by atoms with E-state index >= 15 is 0 Å². The van der Waals surface area contributed by atoms with Crippen molar-refractivity contribution < 1.29 is 28.4 Å². The fourth-order valence-electron chi connectivity index (χ4n) is 5.85. The Morgan fingerprint density at radius 1 is 0.595 bits per heavy atom. The second-order valence-electron chi connectivity index (χ2n) is 10.1. The molecule has 3 aromatic rings. The zero-order valence-corrected chi connectivity index (χ0v) is 26.2. The lowest BCUT2D eigenvalue weighted by Crippen LogP contribution is -2.30. The molecular formula is C33H45N3O6. The molecule has 1 saturated heterocycles. The van der Waals surface area contributed by atoms with E-state index in [0.717, 1.165) is 37.3 Å². The van der Waals surface area contributed by atoms with Crippen molar-refractivity contribution in [3.8, 4) is 34.5 Å². The number of anilines is 1. The molecule has 1 aliphatic heterocycles. The highest BCUT2D eigenvalue weighted by Crippen LogP contribution is 2.42. The average Bonchev–Trinajstić information content (AvgIpc) is 3.41. The maximum Gasteiger partial charge on any atom is 0.203 e. The first-order valence-corrected chi connectivity index (χ1v) is 14.4. The number of hydrogen-bond acceptors (Lipinski definition) is 9. The Morgan fingerprint density at radius 2 is 0.976 bits per heavy atom. The molecule has 0 N–H and O–H groups in total. The molecule has 1 fully saturated rings. The monoisotopic (exact) mass is 579 g/mol. The molecule has 0 unspecified atom stereocenters. The van der Waals surface area contributed by atoms with Crippen LogP contribution < -0.4 is 33.3 Å². The van der Waals surface area contributed by atoms with Gasteiger partial charge in [0, 0.05) is 45.0 Å². The van der Waals surface area contributed by atoms with Gasteiger partial charge in [-0.1, -0.05) is 12.1 Å².